The van der Waals surface area contributed by atoms with Gasteiger partial charge < -0.3 is 15.3 Å². The third-order valence-electron chi connectivity index (χ3n) is 5.46. The van der Waals surface area contributed by atoms with E-state index in [4.69, 9.17) is 0 Å². The van der Waals surface area contributed by atoms with Crippen molar-refractivity contribution >= 4 is 16.7 Å². The Hall–Kier alpha value is -3.59. The van der Waals surface area contributed by atoms with Crippen molar-refractivity contribution in [1.82, 2.24) is 30.3 Å². The summed E-state index contributed by atoms with van der Waals surface area (Å²) in [5.74, 6) is 0.343. The number of pyridine rings is 1. The lowest BCUT2D eigenvalue weighted by Gasteiger charge is -2.32. The van der Waals surface area contributed by atoms with Crippen molar-refractivity contribution in [3.8, 4) is 28.3 Å². The number of aromatic hydroxyl groups is 1. The number of aryl methyl sites for hydroxylation is 1. The molecule has 158 valence electrons. The van der Waals surface area contributed by atoms with Crippen LogP contribution in [0.3, 0.4) is 0 Å². The molecule has 8 nitrogen and oxygen atoms in total. The van der Waals surface area contributed by atoms with Crippen LogP contribution in [0.15, 0.2) is 42.7 Å². The van der Waals surface area contributed by atoms with E-state index in [9.17, 15) is 9.50 Å². The number of aromatic nitrogens is 5. The highest BCUT2D eigenvalue weighted by atomic mass is 19.1. The predicted octanol–water partition coefficient (Wildman–Crippen LogP) is 2.74. The molecule has 0 radical (unpaired) electrons. The van der Waals surface area contributed by atoms with E-state index in [1.807, 2.05) is 12.1 Å². The Balaban J connectivity index is 1.43. The number of nitrogens with one attached hydrogen (secondary N) is 1. The molecule has 0 bridgehead atoms. The quantitative estimate of drug-likeness (QED) is 0.528. The first-order valence-corrected chi connectivity index (χ1v) is 10.1. The van der Waals surface area contributed by atoms with Crippen molar-refractivity contribution in [2.75, 3.05) is 24.5 Å². The van der Waals surface area contributed by atoms with Gasteiger partial charge in [0.25, 0.3) is 0 Å². The number of nitrogens with zero attached hydrogens (tertiary/aromatic N) is 6. The Labute approximate surface area is 178 Å². The molecule has 1 atom stereocenters. The summed E-state index contributed by atoms with van der Waals surface area (Å²) in [6.07, 6.45) is 3.35. The molecule has 1 fully saturated rings. The van der Waals surface area contributed by atoms with E-state index < -0.39 is 5.82 Å². The maximum atomic E-state index is 14.4. The van der Waals surface area contributed by atoms with Crippen molar-refractivity contribution < 1.29 is 9.50 Å². The number of hydrogen-bond acceptors (Lipinski definition) is 7. The number of benzene rings is 1. The van der Waals surface area contributed by atoms with E-state index >= 15 is 0 Å². The summed E-state index contributed by atoms with van der Waals surface area (Å²) < 4.78 is 16.0. The lowest BCUT2D eigenvalue weighted by molar-refractivity contribution is 0.475. The highest BCUT2D eigenvalue weighted by Gasteiger charge is 2.18. The van der Waals surface area contributed by atoms with Gasteiger partial charge in [0, 0.05) is 56.1 Å². The maximum absolute atomic E-state index is 14.4. The summed E-state index contributed by atoms with van der Waals surface area (Å²) in [6.45, 7) is 4.77. The van der Waals surface area contributed by atoms with E-state index in [1.54, 1.807) is 36.3 Å². The van der Waals surface area contributed by atoms with Crippen molar-refractivity contribution in [3.63, 3.8) is 0 Å². The normalized spacial score (nSPS) is 16.7. The van der Waals surface area contributed by atoms with Crippen LogP contribution in [0, 0.1) is 5.82 Å². The van der Waals surface area contributed by atoms with Gasteiger partial charge in [0.1, 0.15) is 22.7 Å². The fourth-order valence-electron chi connectivity index (χ4n) is 3.95. The zero-order valence-corrected chi connectivity index (χ0v) is 17.2. The van der Waals surface area contributed by atoms with Gasteiger partial charge in [-0.2, -0.15) is 5.10 Å². The second kappa shape index (κ2) is 7.59. The van der Waals surface area contributed by atoms with E-state index in [0.29, 0.717) is 39.5 Å². The van der Waals surface area contributed by atoms with Crippen molar-refractivity contribution in [2.45, 2.75) is 13.0 Å². The third kappa shape index (κ3) is 3.68. The van der Waals surface area contributed by atoms with Gasteiger partial charge in [0.05, 0.1) is 0 Å². The van der Waals surface area contributed by atoms with Crippen LogP contribution in [0.25, 0.3) is 33.4 Å². The monoisotopic (exact) mass is 419 g/mol. The minimum atomic E-state index is -0.416. The second-order valence-electron chi connectivity index (χ2n) is 7.87. The summed E-state index contributed by atoms with van der Waals surface area (Å²) in [5, 5.41) is 27.4. The molecule has 4 aromatic rings. The van der Waals surface area contributed by atoms with Crippen molar-refractivity contribution in [1.29, 1.82) is 0 Å². The molecule has 3 aromatic heterocycles. The van der Waals surface area contributed by atoms with Crippen LogP contribution in [-0.2, 0) is 7.05 Å². The minimum absolute atomic E-state index is 0.0398. The van der Waals surface area contributed by atoms with E-state index in [0.717, 1.165) is 25.5 Å². The Morgan fingerprint density at radius 2 is 2.03 bits per heavy atom. The Morgan fingerprint density at radius 3 is 2.77 bits per heavy atom. The first-order chi connectivity index (χ1) is 15.0. The molecule has 0 amide bonds. The first-order valence-electron chi connectivity index (χ1n) is 10.1. The average Bonchev–Trinajstić information content (AvgIpc) is 3.15. The lowest BCUT2D eigenvalue weighted by atomic mass is 10.0. The van der Waals surface area contributed by atoms with E-state index in [2.05, 4.69) is 37.4 Å². The molecule has 9 heteroatoms. The van der Waals surface area contributed by atoms with Crippen LogP contribution in [0.2, 0.25) is 0 Å². The molecular weight excluding hydrogens is 397 g/mol. The highest BCUT2D eigenvalue weighted by Crippen LogP contribution is 2.32. The van der Waals surface area contributed by atoms with Gasteiger partial charge in [-0.25, -0.2) is 9.37 Å². The number of rotatable bonds is 3. The molecule has 0 aliphatic carbocycles. The molecule has 0 unspecified atom stereocenters. The van der Waals surface area contributed by atoms with Crippen molar-refractivity contribution in [3.05, 3.63) is 48.5 Å². The fraction of sp³-hybridized carbons (Fsp3) is 0.273. The number of piperazine rings is 1. The van der Waals surface area contributed by atoms with Crippen LogP contribution in [0.5, 0.6) is 5.75 Å². The number of halogens is 1. The molecule has 2 N–H and O–H groups in total. The summed E-state index contributed by atoms with van der Waals surface area (Å²) >= 11 is 0. The van der Waals surface area contributed by atoms with Gasteiger partial charge in [-0.15, -0.1) is 10.2 Å². The topological polar surface area (TPSA) is 92.0 Å². The predicted molar refractivity (Wildman–Crippen MR) is 116 cm³/mol. The van der Waals surface area contributed by atoms with Crippen LogP contribution in [-0.4, -0.2) is 55.7 Å². The molecule has 1 aromatic carbocycles. The van der Waals surface area contributed by atoms with E-state index in [1.165, 1.54) is 6.07 Å². The molecule has 31 heavy (non-hydrogen) atoms. The summed E-state index contributed by atoms with van der Waals surface area (Å²) in [6, 6.07) is 8.87. The summed E-state index contributed by atoms with van der Waals surface area (Å²) in [4.78, 5) is 6.55. The standard InChI is InChI=1S/C22H22FN7O/c1-13-11-30(6-5-24-13)20-4-3-18(26-27-20)22-19(31)9-15(10-25-22)14-7-16-12-29(2)28-21(16)17(23)8-14/h3-4,7-10,12-13,24,31H,5-6,11H2,1-2H3/t13-/m0/s1. The Kier molecular flexibility index (Phi) is 4.74. The highest BCUT2D eigenvalue weighted by molar-refractivity contribution is 5.85. The molecule has 0 saturated carbocycles. The van der Waals surface area contributed by atoms with Crippen LogP contribution >= 0.6 is 0 Å². The Morgan fingerprint density at radius 1 is 1.16 bits per heavy atom. The molecule has 4 heterocycles. The average molecular weight is 419 g/mol. The Bertz CT molecular complexity index is 1250. The van der Waals surface area contributed by atoms with Gasteiger partial charge in [-0.3, -0.25) is 4.68 Å². The first kappa shape index (κ1) is 19.4. The van der Waals surface area contributed by atoms with Crippen LogP contribution in [0.1, 0.15) is 6.92 Å². The number of hydrogen-bond donors (Lipinski definition) is 2. The molecule has 1 saturated heterocycles. The molecule has 5 rings (SSSR count). The third-order valence-corrected chi connectivity index (χ3v) is 5.46. The summed E-state index contributed by atoms with van der Waals surface area (Å²) in [5.41, 5.74) is 2.34. The molecular formula is C22H22FN7O. The molecule has 1 aliphatic heterocycles. The van der Waals surface area contributed by atoms with Crippen LogP contribution in [0.4, 0.5) is 10.2 Å². The largest absolute Gasteiger partial charge is 0.506 e. The summed E-state index contributed by atoms with van der Waals surface area (Å²) in [7, 11) is 1.75. The van der Waals surface area contributed by atoms with Gasteiger partial charge in [-0.05, 0) is 42.8 Å². The second-order valence-corrected chi connectivity index (χ2v) is 7.87. The zero-order chi connectivity index (χ0) is 21.5. The zero-order valence-electron chi connectivity index (χ0n) is 17.2. The van der Waals surface area contributed by atoms with Gasteiger partial charge in [-0.1, -0.05) is 0 Å². The molecule has 0 spiro atoms. The molecule has 1 aliphatic rings. The van der Waals surface area contributed by atoms with Crippen molar-refractivity contribution in [2.24, 2.45) is 7.05 Å². The maximum Gasteiger partial charge on any atom is 0.151 e. The van der Waals surface area contributed by atoms with Gasteiger partial charge in [0.2, 0.25) is 0 Å². The smallest absolute Gasteiger partial charge is 0.151 e. The number of fused-ring (bicyclic) bond motifs is 1. The SMILES string of the molecule is C[C@H]1CN(c2ccc(-c3ncc(-c4cc(F)c5nn(C)cc5c4)cc3O)nn2)CCN1. The van der Waals surface area contributed by atoms with Gasteiger partial charge in [0.15, 0.2) is 11.6 Å². The van der Waals surface area contributed by atoms with Crippen LogP contribution < -0.4 is 10.2 Å². The van der Waals surface area contributed by atoms with Gasteiger partial charge >= 0.3 is 0 Å². The number of anilines is 1. The minimum Gasteiger partial charge on any atom is -0.506 e. The lowest BCUT2D eigenvalue weighted by Crippen LogP contribution is -2.49. The fourth-order valence-corrected chi connectivity index (χ4v) is 3.95. The van der Waals surface area contributed by atoms with E-state index in [-0.39, 0.29) is 5.75 Å².